The maximum atomic E-state index is 10.4. The first-order valence-corrected chi connectivity index (χ1v) is 2.50. The Kier molecular flexibility index (Phi) is 3.28. The van der Waals surface area contributed by atoms with Crippen molar-refractivity contribution in [2.24, 2.45) is 0 Å². The highest BCUT2D eigenvalue weighted by molar-refractivity contribution is 6.01. The second kappa shape index (κ2) is 3.78. The number of hydrogen-bond acceptors (Lipinski definition) is 2. The van der Waals surface area contributed by atoms with E-state index in [9.17, 15) is 9.59 Å². The van der Waals surface area contributed by atoms with Crippen LogP contribution in [0.15, 0.2) is 24.3 Å². The zero-order valence-electron chi connectivity index (χ0n) is 5.26. The van der Waals surface area contributed by atoms with Gasteiger partial charge in [0.15, 0.2) is 5.78 Å². The maximum absolute atomic E-state index is 10.4. The van der Waals surface area contributed by atoms with Gasteiger partial charge in [0, 0.05) is 0 Å². The number of carbonyl (C=O) groups excluding carboxylic acids is 2. The number of hydrogen-bond donors (Lipinski definition) is 0. The lowest BCUT2D eigenvalue weighted by Gasteiger charge is -1.81. The third-order valence-corrected chi connectivity index (χ3v) is 0.757. The van der Waals surface area contributed by atoms with Crippen LogP contribution < -0.4 is 0 Å². The topological polar surface area (TPSA) is 34.1 Å². The quantitative estimate of drug-likeness (QED) is 0.413. The Morgan fingerprint density at radius 1 is 1.56 bits per heavy atom. The lowest BCUT2D eigenvalue weighted by molar-refractivity contribution is -0.111. The van der Waals surface area contributed by atoms with Crippen molar-refractivity contribution in [3.8, 4) is 0 Å². The van der Waals surface area contributed by atoms with Gasteiger partial charge in [-0.05, 0) is 24.6 Å². The molecule has 2 nitrogen and oxygen atoms in total. The van der Waals surface area contributed by atoms with Gasteiger partial charge in [-0.3, -0.25) is 9.59 Å². The van der Waals surface area contributed by atoms with E-state index in [0.29, 0.717) is 11.9 Å². The van der Waals surface area contributed by atoms with Crippen molar-refractivity contribution in [3.05, 3.63) is 24.3 Å². The van der Waals surface area contributed by atoms with E-state index in [1.807, 2.05) is 0 Å². The Morgan fingerprint density at radius 2 is 2.11 bits per heavy atom. The second-order valence-electron chi connectivity index (χ2n) is 1.61. The summed E-state index contributed by atoms with van der Waals surface area (Å²) >= 11 is 0. The van der Waals surface area contributed by atoms with Gasteiger partial charge >= 0.3 is 0 Å². The number of rotatable bonds is 3. The molecule has 0 aliphatic carbocycles. The highest BCUT2D eigenvalue weighted by Crippen LogP contribution is 1.86. The standard InChI is InChI=1S/C7H8O2/c1-3-7(9)4-6(2)5-8/h3-5H,1H2,2H3/b6-4+. The molecule has 0 rings (SSSR count). The molecule has 48 valence electrons. The molecule has 0 aliphatic heterocycles. The van der Waals surface area contributed by atoms with E-state index in [2.05, 4.69) is 6.58 Å². The van der Waals surface area contributed by atoms with Crippen molar-refractivity contribution in [3.63, 3.8) is 0 Å². The van der Waals surface area contributed by atoms with E-state index in [-0.39, 0.29) is 5.78 Å². The van der Waals surface area contributed by atoms with Gasteiger partial charge in [0.2, 0.25) is 0 Å². The van der Waals surface area contributed by atoms with Gasteiger partial charge in [-0.15, -0.1) is 0 Å². The summed E-state index contributed by atoms with van der Waals surface area (Å²) in [5.74, 6) is -0.236. The van der Waals surface area contributed by atoms with E-state index in [1.54, 1.807) is 6.92 Å². The largest absolute Gasteiger partial charge is 0.298 e. The molecule has 0 aromatic heterocycles. The van der Waals surface area contributed by atoms with Crippen molar-refractivity contribution < 1.29 is 9.59 Å². The Hall–Kier alpha value is -1.18. The van der Waals surface area contributed by atoms with Crippen LogP contribution in [-0.2, 0) is 9.59 Å². The molecule has 0 N–H and O–H groups in total. The predicted molar refractivity (Wildman–Crippen MR) is 35.0 cm³/mol. The van der Waals surface area contributed by atoms with E-state index >= 15 is 0 Å². The third-order valence-electron chi connectivity index (χ3n) is 0.757. The van der Waals surface area contributed by atoms with Gasteiger partial charge < -0.3 is 0 Å². The SMILES string of the molecule is C=CC(=O)/C=C(\C)C=O. The molecule has 0 saturated heterocycles. The first-order chi connectivity index (χ1) is 4.20. The molecule has 9 heavy (non-hydrogen) atoms. The molecule has 2 heteroatoms. The summed E-state index contributed by atoms with van der Waals surface area (Å²) < 4.78 is 0. The van der Waals surface area contributed by atoms with Crippen LogP contribution in [0.1, 0.15) is 6.92 Å². The van der Waals surface area contributed by atoms with Crippen LogP contribution in [0.5, 0.6) is 0 Å². The first kappa shape index (κ1) is 7.82. The van der Waals surface area contributed by atoms with Gasteiger partial charge in [0.25, 0.3) is 0 Å². The molecule has 0 aromatic carbocycles. The summed E-state index contributed by atoms with van der Waals surface area (Å²) in [5, 5.41) is 0. The Balaban J connectivity index is 4.10. The van der Waals surface area contributed by atoms with Gasteiger partial charge in [-0.1, -0.05) is 6.58 Å². The van der Waals surface area contributed by atoms with Crippen LogP contribution in [0, 0.1) is 0 Å². The molecule has 0 radical (unpaired) electrons. The molecule has 0 aliphatic rings. The van der Waals surface area contributed by atoms with Gasteiger partial charge in [0.05, 0.1) is 0 Å². The lowest BCUT2D eigenvalue weighted by atomic mass is 10.2. The Morgan fingerprint density at radius 3 is 2.44 bits per heavy atom. The number of aldehydes is 1. The van der Waals surface area contributed by atoms with Crippen molar-refractivity contribution in [1.29, 1.82) is 0 Å². The van der Waals surface area contributed by atoms with Gasteiger partial charge in [0.1, 0.15) is 6.29 Å². The fourth-order valence-electron chi connectivity index (χ4n) is 0.317. The molecule has 0 amide bonds. The molecule has 0 aromatic rings. The van der Waals surface area contributed by atoms with Crippen LogP contribution in [0.25, 0.3) is 0 Å². The smallest absolute Gasteiger partial charge is 0.178 e. The monoisotopic (exact) mass is 124 g/mol. The van der Waals surface area contributed by atoms with Crippen molar-refractivity contribution >= 4 is 12.1 Å². The number of allylic oxidation sites excluding steroid dienone is 3. The van der Waals surface area contributed by atoms with Crippen LogP contribution in [0.2, 0.25) is 0 Å². The summed E-state index contributed by atoms with van der Waals surface area (Å²) in [4.78, 5) is 20.3. The molecule has 0 bridgehead atoms. The number of ketones is 1. The maximum Gasteiger partial charge on any atom is 0.178 e. The molecular formula is C7H8O2. The minimum atomic E-state index is -0.236. The summed E-state index contributed by atoms with van der Waals surface area (Å²) in [6.07, 6.45) is 3.02. The van der Waals surface area contributed by atoms with Gasteiger partial charge in [-0.25, -0.2) is 0 Å². The molecule has 0 atom stereocenters. The summed E-state index contributed by atoms with van der Waals surface area (Å²) in [6.45, 7) is 4.80. The van der Waals surface area contributed by atoms with E-state index in [0.717, 1.165) is 6.08 Å². The van der Waals surface area contributed by atoms with E-state index < -0.39 is 0 Å². The third kappa shape index (κ3) is 3.41. The Bertz CT molecular complexity index is 166. The lowest BCUT2D eigenvalue weighted by Crippen LogP contribution is -1.87. The molecular weight excluding hydrogens is 116 g/mol. The van der Waals surface area contributed by atoms with E-state index in [1.165, 1.54) is 6.08 Å². The normalized spacial score (nSPS) is 10.6. The molecule has 0 fully saturated rings. The summed E-state index contributed by atoms with van der Waals surface area (Å²) in [7, 11) is 0. The molecule has 0 saturated carbocycles. The van der Waals surface area contributed by atoms with Crippen LogP contribution in [0.4, 0.5) is 0 Å². The zero-order chi connectivity index (χ0) is 7.28. The molecule has 0 unspecified atom stereocenters. The predicted octanol–water partition coefficient (Wildman–Crippen LogP) is 0.887. The zero-order valence-corrected chi connectivity index (χ0v) is 5.26. The number of carbonyl (C=O) groups is 2. The summed E-state index contributed by atoms with van der Waals surface area (Å²) in [5.41, 5.74) is 0.417. The first-order valence-electron chi connectivity index (χ1n) is 2.50. The average Bonchev–Trinajstić information content (AvgIpc) is 1.87. The molecule has 0 spiro atoms. The van der Waals surface area contributed by atoms with Crippen molar-refractivity contribution in [2.45, 2.75) is 6.92 Å². The Labute approximate surface area is 53.9 Å². The van der Waals surface area contributed by atoms with Crippen molar-refractivity contribution in [2.75, 3.05) is 0 Å². The van der Waals surface area contributed by atoms with E-state index in [4.69, 9.17) is 0 Å². The highest BCUT2D eigenvalue weighted by Gasteiger charge is 1.88. The van der Waals surface area contributed by atoms with Crippen molar-refractivity contribution in [1.82, 2.24) is 0 Å². The summed E-state index contributed by atoms with van der Waals surface area (Å²) in [6, 6.07) is 0. The average molecular weight is 124 g/mol. The highest BCUT2D eigenvalue weighted by atomic mass is 16.1. The minimum Gasteiger partial charge on any atom is -0.298 e. The fraction of sp³-hybridized carbons (Fsp3) is 0.143. The fourth-order valence-corrected chi connectivity index (χ4v) is 0.317. The van der Waals surface area contributed by atoms with Crippen LogP contribution in [0.3, 0.4) is 0 Å². The van der Waals surface area contributed by atoms with Gasteiger partial charge in [-0.2, -0.15) is 0 Å². The molecule has 0 heterocycles. The van der Waals surface area contributed by atoms with Crippen LogP contribution >= 0.6 is 0 Å². The second-order valence-corrected chi connectivity index (χ2v) is 1.61. The minimum absolute atomic E-state index is 0.236. The van der Waals surface area contributed by atoms with Crippen LogP contribution in [-0.4, -0.2) is 12.1 Å².